The molecule has 0 radical (unpaired) electrons. The number of carbonyl (C=O) groups is 1. The van der Waals surface area contributed by atoms with Crippen LogP contribution in [-0.4, -0.2) is 12.4 Å². The fourth-order valence-corrected chi connectivity index (χ4v) is 6.79. The molecule has 0 aromatic heterocycles. The van der Waals surface area contributed by atoms with Crippen molar-refractivity contribution in [2.45, 2.75) is 81.1 Å². The maximum absolute atomic E-state index is 14.0. The third kappa shape index (κ3) is 1.86. The molecule has 144 valence electrons. The van der Waals surface area contributed by atoms with Crippen molar-refractivity contribution in [3.63, 3.8) is 0 Å². The van der Waals surface area contributed by atoms with Crippen LogP contribution >= 0.6 is 0 Å². The van der Waals surface area contributed by atoms with Crippen LogP contribution in [0.2, 0.25) is 0 Å². The van der Waals surface area contributed by atoms with E-state index in [2.05, 4.69) is 54.5 Å². The van der Waals surface area contributed by atoms with Gasteiger partial charge in [0.1, 0.15) is 5.76 Å². The number of fused-ring (bicyclic) bond motifs is 5. The van der Waals surface area contributed by atoms with Gasteiger partial charge in [-0.15, -0.1) is 0 Å². The average molecular weight is 357 g/mol. The second kappa shape index (κ2) is 6.11. The van der Waals surface area contributed by atoms with E-state index in [9.17, 15) is 4.79 Å². The molecule has 0 aromatic carbocycles. The zero-order valence-electron chi connectivity index (χ0n) is 18.0. The molecule has 2 heteroatoms. The molecule has 0 aliphatic heterocycles. The van der Waals surface area contributed by atoms with Crippen molar-refractivity contribution in [2.24, 2.45) is 22.2 Å². The Kier molecular flexibility index (Phi) is 4.57. The molecule has 0 N–H and O–H groups in total. The first-order chi connectivity index (χ1) is 12.2. The van der Waals surface area contributed by atoms with Crippen molar-refractivity contribution in [2.75, 3.05) is 6.61 Å². The monoisotopic (exact) mass is 356 g/mol. The van der Waals surface area contributed by atoms with E-state index in [1.807, 2.05) is 6.92 Å². The Bertz CT molecular complexity index is 737. The van der Waals surface area contributed by atoms with Crippen LogP contribution in [-0.2, 0) is 9.53 Å². The molecule has 3 rings (SSSR count). The van der Waals surface area contributed by atoms with Gasteiger partial charge >= 0.3 is 0 Å². The van der Waals surface area contributed by atoms with Crippen LogP contribution < -0.4 is 0 Å². The summed E-state index contributed by atoms with van der Waals surface area (Å²) < 4.78 is 6.22. The molecule has 2 nitrogen and oxygen atoms in total. The number of allylic oxidation sites excluding steroid dienone is 5. The lowest BCUT2D eigenvalue weighted by Gasteiger charge is -2.50. The Morgan fingerprint density at radius 2 is 1.73 bits per heavy atom. The number of hydrogen-bond donors (Lipinski definition) is 0. The van der Waals surface area contributed by atoms with Crippen LogP contribution in [0, 0.1) is 22.2 Å². The number of rotatable bonds is 6. The fourth-order valence-electron chi connectivity index (χ4n) is 6.79. The van der Waals surface area contributed by atoms with Crippen LogP contribution in [0.15, 0.2) is 34.1 Å². The smallest absolute Gasteiger partial charge is 0.170 e. The first-order valence-corrected chi connectivity index (χ1v) is 10.5. The number of carbonyl (C=O) groups excluding carboxylic acids is 1. The van der Waals surface area contributed by atoms with E-state index in [1.165, 1.54) is 16.7 Å². The molecule has 0 aromatic rings. The normalized spacial score (nSPS) is 38.8. The molecule has 1 saturated carbocycles. The first-order valence-electron chi connectivity index (χ1n) is 10.5. The Morgan fingerprint density at radius 3 is 2.27 bits per heavy atom. The molecule has 26 heavy (non-hydrogen) atoms. The highest BCUT2D eigenvalue weighted by Crippen LogP contribution is 2.79. The zero-order chi connectivity index (χ0) is 19.5. The van der Waals surface area contributed by atoms with E-state index in [-0.39, 0.29) is 10.8 Å². The van der Waals surface area contributed by atoms with Gasteiger partial charge in [-0.2, -0.15) is 0 Å². The van der Waals surface area contributed by atoms with Crippen LogP contribution in [0.5, 0.6) is 0 Å². The Balaban J connectivity index is 2.42. The Morgan fingerprint density at radius 1 is 1.08 bits per heavy atom. The predicted octanol–water partition coefficient (Wildman–Crippen LogP) is 6.39. The predicted molar refractivity (Wildman–Crippen MR) is 108 cm³/mol. The lowest BCUT2D eigenvalue weighted by atomic mass is 9.51. The molecule has 0 amide bonds. The van der Waals surface area contributed by atoms with E-state index >= 15 is 0 Å². The largest absolute Gasteiger partial charge is 0.494 e. The summed E-state index contributed by atoms with van der Waals surface area (Å²) in [7, 11) is 0. The van der Waals surface area contributed by atoms with Gasteiger partial charge in [0, 0.05) is 10.8 Å². The molecule has 3 aliphatic carbocycles. The van der Waals surface area contributed by atoms with Crippen LogP contribution in [0.4, 0.5) is 0 Å². The molecule has 4 atom stereocenters. The number of ether oxygens (including phenoxy) is 1. The van der Waals surface area contributed by atoms with E-state index in [1.54, 1.807) is 0 Å². The minimum absolute atomic E-state index is 0.0809. The van der Waals surface area contributed by atoms with Gasteiger partial charge in [-0.05, 0) is 56.8 Å². The summed E-state index contributed by atoms with van der Waals surface area (Å²) in [5.41, 5.74) is 4.52. The molecule has 1 fully saturated rings. The minimum Gasteiger partial charge on any atom is -0.494 e. The van der Waals surface area contributed by atoms with Gasteiger partial charge in [0.25, 0.3) is 0 Å². The maximum Gasteiger partial charge on any atom is 0.170 e. The van der Waals surface area contributed by atoms with Crippen LogP contribution in [0.3, 0.4) is 0 Å². The molecule has 2 bridgehead atoms. The second-order valence-electron chi connectivity index (χ2n) is 8.95. The van der Waals surface area contributed by atoms with Crippen molar-refractivity contribution in [1.29, 1.82) is 0 Å². The fraction of sp³-hybridized carbons (Fsp3) is 0.708. The number of ketones is 1. The standard InChI is InChI=1S/C24H36O2/c1-9-12-18-14-19(26-11-3)20-22(7)15(4)16(5)23(8,17(22)6)24(20,13-10-2)21(18)25/h14,17H,9-13H2,1-8H3/t17?,22-,23+,24-/m1/s1. The quantitative estimate of drug-likeness (QED) is 0.516. The van der Waals surface area contributed by atoms with Crippen molar-refractivity contribution in [1.82, 2.24) is 0 Å². The SMILES string of the molecule is CCCC1=CC(OCC)=C2[C@]3(C)C(C)=C(C)[C@@](C)(C3C)[C@@]2(CCC)C1=O. The van der Waals surface area contributed by atoms with Gasteiger partial charge in [0.15, 0.2) is 5.78 Å². The van der Waals surface area contributed by atoms with E-state index in [4.69, 9.17) is 4.74 Å². The maximum atomic E-state index is 14.0. The highest BCUT2D eigenvalue weighted by atomic mass is 16.5. The lowest BCUT2D eigenvalue weighted by molar-refractivity contribution is -0.129. The first kappa shape index (κ1) is 19.5. The molecule has 1 unspecified atom stereocenters. The topological polar surface area (TPSA) is 26.3 Å². The van der Waals surface area contributed by atoms with Crippen molar-refractivity contribution in [3.8, 4) is 0 Å². The highest BCUT2D eigenvalue weighted by molar-refractivity contribution is 6.06. The third-order valence-corrected chi connectivity index (χ3v) is 8.36. The summed E-state index contributed by atoms with van der Waals surface area (Å²) in [6, 6.07) is 0. The minimum atomic E-state index is -0.427. The second-order valence-corrected chi connectivity index (χ2v) is 8.95. The van der Waals surface area contributed by atoms with Gasteiger partial charge in [0.2, 0.25) is 0 Å². The van der Waals surface area contributed by atoms with Gasteiger partial charge in [-0.1, -0.05) is 58.6 Å². The Labute approximate surface area is 159 Å². The summed E-state index contributed by atoms with van der Waals surface area (Å²) in [5, 5.41) is 0. The summed E-state index contributed by atoms with van der Waals surface area (Å²) in [4.78, 5) is 14.0. The molecule has 0 heterocycles. The Hall–Kier alpha value is -1.31. The highest BCUT2D eigenvalue weighted by Gasteiger charge is 2.76. The molecular formula is C24H36O2. The van der Waals surface area contributed by atoms with Gasteiger partial charge in [-0.25, -0.2) is 0 Å². The van der Waals surface area contributed by atoms with Crippen molar-refractivity contribution in [3.05, 3.63) is 34.1 Å². The van der Waals surface area contributed by atoms with Crippen LogP contribution in [0.25, 0.3) is 0 Å². The summed E-state index contributed by atoms with van der Waals surface area (Å²) in [6.07, 6.45) is 5.85. The molecule has 0 spiro atoms. The van der Waals surface area contributed by atoms with E-state index < -0.39 is 5.41 Å². The van der Waals surface area contributed by atoms with E-state index in [0.29, 0.717) is 18.3 Å². The van der Waals surface area contributed by atoms with Gasteiger partial charge < -0.3 is 4.74 Å². The molecule has 0 saturated heterocycles. The summed E-state index contributed by atoms with van der Waals surface area (Å²) >= 11 is 0. The number of Topliss-reactive ketones (excluding diaryl/α,β-unsaturated/α-hetero) is 1. The molecular weight excluding hydrogens is 320 g/mol. The summed E-state index contributed by atoms with van der Waals surface area (Å²) in [6.45, 7) is 18.7. The summed E-state index contributed by atoms with van der Waals surface area (Å²) in [5.74, 6) is 1.78. The zero-order valence-corrected chi connectivity index (χ0v) is 18.0. The van der Waals surface area contributed by atoms with Crippen LogP contribution in [0.1, 0.15) is 81.1 Å². The average Bonchev–Trinajstić information content (AvgIpc) is 2.84. The molecule has 3 aliphatic rings. The van der Waals surface area contributed by atoms with Crippen molar-refractivity contribution >= 4 is 5.78 Å². The third-order valence-electron chi connectivity index (χ3n) is 8.36. The lowest BCUT2D eigenvalue weighted by Crippen LogP contribution is -2.49. The van der Waals surface area contributed by atoms with Crippen molar-refractivity contribution < 1.29 is 9.53 Å². The number of hydrogen-bond acceptors (Lipinski definition) is 2. The van der Waals surface area contributed by atoms with Gasteiger partial charge in [-0.3, -0.25) is 4.79 Å². The van der Waals surface area contributed by atoms with Gasteiger partial charge in [0.05, 0.1) is 12.0 Å². The van der Waals surface area contributed by atoms with E-state index in [0.717, 1.165) is 37.0 Å².